The van der Waals surface area contributed by atoms with Crippen molar-refractivity contribution < 1.29 is 27.4 Å². The molecule has 0 atom stereocenters. The largest absolute Gasteiger partial charge is 0.573 e. The quantitative estimate of drug-likeness (QED) is 0.633. The molecule has 29 heavy (non-hydrogen) atoms. The van der Waals surface area contributed by atoms with Crippen LogP contribution in [-0.2, 0) is 13.2 Å². The molecule has 1 N–H and O–H groups in total. The molecule has 0 saturated heterocycles. The van der Waals surface area contributed by atoms with Crippen molar-refractivity contribution >= 4 is 5.91 Å². The molecule has 0 unspecified atom stereocenters. The van der Waals surface area contributed by atoms with Gasteiger partial charge in [0.05, 0.1) is 0 Å². The Hall–Kier alpha value is -3.55. The van der Waals surface area contributed by atoms with E-state index in [4.69, 9.17) is 4.74 Å². The lowest BCUT2D eigenvalue weighted by Crippen LogP contribution is -2.23. The third kappa shape index (κ3) is 6.53. The van der Waals surface area contributed by atoms with Gasteiger partial charge in [0, 0.05) is 24.4 Å². The summed E-state index contributed by atoms with van der Waals surface area (Å²) in [4.78, 5) is 16.3. The summed E-state index contributed by atoms with van der Waals surface area (Å²) in [6.45, 7) is 0.583. The number of hydrogen-bond acceptors (Lipinski definition) is 4. The van der Waals surface area contributed by atoms with Crippen LogP contribution < -0.4 is 14.8 Å². The normalized spacial score (nSPS) is 11.0. The monoisotopic (exact) mass is 402 g/mol. The summed E-state index contributed by atoms with van der Waals surface area (Å²) in [6, 6.07) is 17.8. The van der Waals surface area contributed by atoms with Crippen LogP contribution in [0.15, 0.2) is 72.9 Å². The molecule has 8 heteroatoms. The van der Waals surface area contributed by atoms with Crippen molar-refractivity contribution in [1.82, 2.24) is 10.3 Å². The van der Waals surface area contributed by atoms with E-state index in [9.17, 15) is 18.0 Å². The van der Waals surface area contributed by atoms with Gasteiger partial charge in [0.15, 0.2) is 0 Å². The van der Waals surface area contributed by atoms with E-state index in [1.165, 1.54) is 12.1 Å². The highest BCUT2D eigenvalue weighted by atomic mass is 19.4. The first-order chi connectivity index (χ1) is 13.9. The Morgan fingerprint density at radius 2 is 1.69 bits per heavy atom. The second-order valence-electron chi connectivity index (χ2n) is 6.03. The zero-order valence-electron chi connectivity index (χ0n) is 15.1. The number of carbonyl (C=O) groups is 1. The first-order valence-electron chi connectivity index (χ1n) is 8.65. The molecule has 150 valence electrons. The van der Waals surface area contributed by atoms with Gasteiger partial charge < -0.3 is 14.8 Å². The van der Waals surface area contributed by atoms with Crippen LogP contribution in [0.4, 0.5) is 13.2 Å². The lowest BCUT2D eigenvalue weighted by atomic mass is 10.2. The minimum absolute atomic E-state index is 0.212. The zero-order valence-corrected chi connectivity index (χ0v) is 15.1. The number of halogens is 3. The van der Waals surface area contributed by atoms with Crippen LogP contribution in [0.2, 0.25) is 0 Å². The number of alkyl halides is 3. The van der Waals surface area contributed by atoms with E-state index < -0.39 is 12.3 Å². The van der Waals surface area contributed by atoms with Crippen LogP contribution in [0, 0.1) is 0 Å². The Morgan fingerprint density at radius 3 is 2.38 bits per heavy atom. The molecule has 5 nitrogen and oxygen atoms in total. The Labute approximate surface area is 165 Å². The van der Waals surface area contributed by atoms with Gasteiger partial charge in [0.25, 0.3) is 5.91 Å². The minimum Gasteiger partial charge on any atom is -0.473 e. The summed E-state index contributed by atoms with van der Waals surface area (Å²) in [5.41, 5.74) is 1.99. The van der Waals surface area contributed by atoms with Crippen molar-refractivity contribution in [1.29, 1.82) is 0 Å². The van der Waals surface area contributed by atoms with Gasteiger partial charge in [-0.15, -0.1) is 13.2 Å². The van der Waals surface area contributed by atoms with Gasteiger partial charge in [-0.3, -0.25) is 4.79 Å². The molecule has 3 aromatic rings. The average Bonchev–Trinajstić information content (AvgIpc) is 2.71. The van der Waals surface area contributed by atoms with Gasteiger partial charge in [0.2, 0.25) is 5.88 Å². The van der Waals surface area contributed by atoms with Crippen LogP contribution in [0.5, 0.6) is 11.6 Å². The maximum Gasteiger partial charge on any atom is 0.573 e. The first kappa shape index (κ1) is 20.2. The van der Waals surface area contributed by atoms with E-state index in [0.717, 1.165) is 23.3 Å². The van der Waals surface area contributed by atoms with Crippen LogP contribution >= 0.6 is 0 Å². The van der Waals surface area contributed by atoms with Crippen LogP contribution in [-0.4, -0.2) is 17.3 Å². The number of rotatable bonds is 7. The number of benzene rings is 2. The van der Waals surface area contributed by atoms with Crippen molar-refractivity contribution in [2.24, 2.45) is 0 Å². The Kier molecular flexibility index (Phi) is 6.33. The Morgan fingerprint density at radius 1 is 0.966 bits per heavy atom. The summed E-state index contributed by atoms with van der Waals surface area (Å²) < 4.78 is 46.0. The van der Waals surface area contributed by atoms with Gasteiger partial charge in [-0.25, -0.2) is 4.98 Å². The highest BCUT2D eigenvalue weighted by molar-refractivity contribution is 5.94. The highest BCUT2D eigenvalue weighted by Gasteiger charge is 2.31. The van der Waals surface area contributed by atoms with E-state index in [0.29, 0.717) is 12.5 Å². The van der Waals surface area contributed by atoms with Crippen LogP contribution in [0.25, 0.3) is 0 Å². The van der Waals surface area contributed by atoms with Gasteiger partial charge in [-0.1, -0.05) is 30.3 Å². The molecule has 1 aromatic heterocycles. The predicted octanol–water partition coefficient (Wildman–Crippen LogP) is 4.49. The standard InChI is InChI=1S/C21H17F3N2O3/c22-21(23,24)29-18-8-6-17(7-9-18)20(27)26-13-16-10-11-25-19(12-16)28-14-15-4-2-1-3-5-15/h1-12H,13-14H2,(H,26,27). The molecule has 0 saturated carbocycles. The number of pyridine rings is 1. The van der Waals surface area contributed by atoms with Gasteiger partial charge >= 0.3 is 6.36 Å². The van der Waals surface area contributed by atoms with E-state index >= 15 is 0 Å². The average molecular weight is 402 g/mol. The molecule has 0 bridgehead atoms. The van der Waals surface area contributed by atoms with Crippen molar-refractivity contribution in [3.63, 3.8) is 0 Å². The number of hydrogen-bond donors (Lipinski definition) is 1. The number of ether oxygens (including phenoxy) is 2. The molecule has 1 heterocycles. The van der Waals surface area contributed by atoms with E-state index in [1.807, 2.05) is 30.3 Å². The molecule has 3 rings (SSSR count). The van der Waals surface area contributed by atoms with Crippen molar-refractivity contribution in [3.05, 3.63) is 89.6 Å². The van der Waals surface area contributed by atoms with Crippen LogP contribution in [0.1, 0.15) is 21.5 Å². The SMILES string of the molecule is O=C(NCc1ccnc(OCc2ccccc2)c1)c1ccc(OC(F)(F)F)cc1. The van der Waals surface area contributed by atoms with Gasteiger partial charge in [-0.2, -0.15) is 0 Å². The number of amides is 1. The molecule has 0 aliphatic heterocycles. The first-order valence-corrected chi connectivity index (χ1v) is 8.65. The third-order valence-electron chi connectivity index (χ3n) is 3.83. The second kappa shape index (κ2) is 9.09. The molecular formula is C21H17F3N2O3. The van der Waals surface area contributed by atoms with Crippen LogP contribution in [0.3, 0.4) is 0 Å². The fourth-order valence-corrected chi connectivity index (χ4v) is 2.46. The summed E-state index contributed by atoms with van der Waals surface area (Å²) in [5.74, 6) is -0.384. The summed E-state index contributed by atoms with van der Waals surface area (Å²) >= 11 is 0. The van der Waals surface area contributed by atoms with E-state index in [-0.39, 0.29) is 17.9 Å². The van der Waals surface area contributed by atoms with E-state index in [1.54, 1.807) is 18.3 Å². The second-order valence-corrected chi connectivity index (χ2v) is 6.03. The number of aromatic nitrogens is 1. The van der Waals surface area contributed by atoms with Gasteiger partial charge in [-0.05, 0) is 41.5 Å². The number of carbonyl (C=O) groups excluding carboxylic acids is 1. The molecule has 1 amide bonds. The summed E-state index contributed by atoms with van der Waals surface area (Å²) in [5, 5.41) is 2.70. The predicted molar refractivity (Wildman–Crippen MR) is 99.3 cm³/mol. The minimum atomic E-state index is -4.77. The topological polar surface area (TPSA) is 60.5 Å². The molecule has 0 aliphatic carbocycles. The molecular weight excluding hydrogens is 385 g/mol. The number of nitrogens with zero attached hydrogens (tertiary/aromatic N) is 1. The molecule has 0 radical (unpaired) electrons. The smallest absolute Gasteiger partial charge is 0.473 e. The maximum atomic E-state index is 12.2. The van der Waals surface area contributed by atoms with Crippen molar-refractivity contribution in [2.45, 2.75) is 19.5 Å². The summed E-state index contributed by atoms with van der Waals surface area (Å²) in [6.07, 6.45) is -3.20. The van der Waals surface area contributed by atoms with E-state index in [2.05, 4.69) is 15.0 Å². The molecule has 0 fully saturated rings. The third-order valence-corrected chi connectivity index (χ3v) is 3.83. The van der Waals surface area contributed by atoms with Gasteiger partial charge in [0.1, 0.15) is 12.4 Å². The molecule has 2 aromatic carbocycles. The molecule has 0 aliphatic rings. The Balaban J connectivity index is 1.53. The maximum absolute atomic E-state index is 12.2. The lowest BCUT2D eigenvalue weighted by molar-refractivity contribution is -0.274. The lowest BCUT2D eigenvalue weighted by Gasteiger charge is -2.10. The fraction of sp³-hybridized carbons (Fsp3) is 0.143. The van der Waals surface area contributed by atoms with Crippen molar-refractivity contribution in [3.8, 4) is 11.6 Å². The Bertz CT molecular complexity index is 945. The fourth-order valence-electron chi connectivity index (χ4n) is 2.46. The highest BCUT2D eigenvalue weighted by Crippen LogP contribution is 2.22. The summed E-state index contributed by atoms with van der Waals surface area (Å²) in [7, 11) is 0. The number of nitrogens with one attached hydrogen (secondary N) is 1. The zero-order chi connectivity index (χ0) is 20.7. The van der Waals surface area contributed by atoms with Crippen molar-refractivity contribution in [2.75, 3.05) is 0 Å². The molecule has 0 spiro atoms.